The first-order valence-electron chi connectivity index (χ1n) is 38.7. The van der Waals surface area contributed by atoms with Crippen LogP contribution in [-0.4, -0.2) is 240 Å². The predicted octanol–water partition coefficient (Wildman–Crippen LogP) is 9.93. The van der Waals surface area contributed by atoms with E-state index in [1.54, 1.807) is 155 Å². The molecule has 16 heterocycles. The zero-order valence-electron chi connectivity index (χ0n) is 69.7. The van der Waals surface area contributed by atoms with Gasteiger partial charge in [0.25, 0.3) is 37.9 Å². The molecule has 1 atom stereocenters. The van der Waals surface area contributed by atoms with Gasteiger partial charge in [0.15, 0.2) is 0 Å². The Morgan fingerprint density at radius 1 is 0.465 bits per heavy atom. The predicted molar refractivity (Wildman–Crippen MR) is 474 cm³/mol. The van der Waals surface area contributed by atoms with Gasteiger partial charge in [0.05, 0.1) is 161 Å². The summed E-state index contributed by atoms with van der Waals surface area (Å²) in [5.41, 5.74) is 13.2. The number of carbonyl (C=O) groups excluding carboxylic acids is 4. The minimum absolute atomic E-state index is 0.194. The van der Waals surface area contributed by atoms with Gasteiger partial charge in [0.1, 0.15) is 72.3 Å². The molecule has 129 heavy (non-hydrogen) atoms. The van der Waals surface area contributed by atoms with E-state index in [0.29, 0.717) is 180 Å². The van der Waals surface area contributed by atoms with Crippen LogP contribution in [0.3, 0.4) is 0 Å². The third-order valence-corrected chi connectivity index (χ3v) is 21.4. The van der Waals surface area contributed by atoms with Crippen molar-refractivity contribution >= 4 is 106 Å². The second kappa shape index (κ2) is 47.5. The quantitative estimate of drug-likeness (QED) is 0.00992. The minimum atomic E-state index is -4.85. The number of anilines is 4. The number of carboxylic acid groups (broad SMARTS) is 1. The number of H-pyrrole nitrogens is 3. The first-order valence-corrected chi connectivity index (χ1v) is 43.7. The van der Waals surface area contributed by atoms with Crippen molar-refractivity contribution in [1.82, 2.24) is 119 Å². The number of phosphoric acid groups is 1. The van der Waals surface area contributed by atoms with Crippen LogP contribution in [0.15, 0.2) is 181 Å². The monoisotopic (exact) mass is 1850 g/mol. The lowest BCUT2D eigenvalue weighted by atomic mass is 10.2. The Labute approximate surface area is 749 Å². The fourth-order valence-electron chi connectivity index (χ4n) is 11.4. The van der Waals surface area contributed by atoms with E-state index >= 15 is 0 Å². The smallest absolute Gasteiger partial charge is 0.290 e. The van der Waals surface area contributed by atoms with Crippen LogP contribution in [0.1, 0.15) is 53.3 Å². The number of pyridine rings is 4. The molecule has 0 radical (unpaired) electrons. The van der Waals surface area contributed by atoms with Gasteiger partial charge in [-0.1, -0.05) is 24.3 Å². The van der Waals surface area contributed by atoms with E-state index in [1.807, 2.05) is 74.5 Å². The summed E-state index contributed by atoms with van der Waals surface area (Å²) in [5.74, 6) is -1.38. The molecule has 0 saturated carbocycles. The highest BCUT2D eigenvalue weighted by molar-refractivity contribution is 7.44. The number of nitrogens with zero attached hydrogens (tertiary/aromatic N) is 21. The fourth-order valence-corrected chi connectivity index (χ4v) is 14.9. The van der Waals surface area contributed by atoms with Gasteiger partial charge in [-0.25, -0.2) is 24.6 Å². The number of ether oxygens (including phenoxy) is 6. The molecule has 16 rings (SSSR count). The Balaban J connectivity index is 0.000000154. The lowest BCUT2D eigenvalue weighted by Crippen LogP contribution is -2.12. The second-order valence-corrected chi connectivity index (χ2v) is 31.2. The summed E-state index contributed by atoms with van der Waals surface area (Å²) in [6, 6.07) is 22.1. The Morgan fingerprint density at radius 3 is 1.16 bits per heavy atom. The summed E-state index contributed by atoms with van der Waals surface area (Å²) in [6.45, 7) is 9.24. The Kier molecular flexibility index (Phi) is 34.7. The number of thiazole rings is 4. The third kappa shape index (κ3) is 27.3. The van der Waals surface area contributed by atoms with Crippen molar-refractivity contribution < 1.29 is 76.4 Å². The lowest BCUT2D eigenvalue weighted by molar-refractivity contribution is -0.223. The Morgan fingerprint density at radius 2 is 0.822 bits per heavy atom. The molecular formula is C80H84N28O16PS4-. The molecule has 0 saturated heterocycles. The van der Waals surface area contributed by atoms with Crippen molar-refractivity contribution in [2.45, 2.75) is 40.2 Å². The topological polar surface area (TPSA) is 557 Å². The largest absolute Gasteiger partial charge is 0.756 e. The van der Waals surface area contributed by atoms with Crippen LogP contribution in [0.25, 0.3) is 87.8 Å². The number of phosphoric ester groups is 1. The van der Waals surface area contributed by atoms with E-state index in [2.05, 4.69) is 122 Å². The molecule has 16 aromatic heterocycles. The van der Waals surface area contributed by atoms with Gasteiger partial charge in [-0.15, -0.1) is 45.3 Å². The summed E-state index contributed by atoms with van der Waals surface area (Å²) < 4.78 is 54.4. The maximum Gasteiger partial charge on any atom is 0.290 e. The van der Waals surface area contributed by atoms with Crippen LogP contribution in [0.4, 0.5) is 22.7 Å². The summed E-state index contributed by atoms with van der Waals surface area (Å²) in [6.07, 6.45) is 23.4. The van der Waals surface area contributed by atoms with E-state index in [0.717, 1.165) is 38.1 Å². The summed E-state index contributed by atoms with van der Waals surface area (Å²) in [4.78, 5) is 114. The van der Waals surface area contributed by atoms with Gasteiger partial charge in [-0.05, 0) is 62.4 Å². The molecule has 4 amide bonds. The number of hydrogen-bond donors (Lipinski definition) is 9. The van der Waals surface area contributed by atoms with Crippen molar-refractivity contribution in [3.63, 3.8) is 0 Å². The maximum atomic E-state index is 12.9. The van der Waals surface area contributed by atoms with Crippen LogP contribution in [0, 0.1) is 13.8 Å². The van der Waals surface area contributed by atoms with E-state index in [-0.39, 0.29) is 29.9 Å². The number of nitrogens with one attached hydrogen (secondary N) is 7. The van der Waals surface area contributed by atoms with Crippen molar-refractivity contribution in [1.29, 1.82) is 0 Å². The Hall–Kier alpha value is -14.0. The molecule has 0 aliphatic rings. The van der Waals surface area contributed by atoms with Crippen molar-refractivity contribution in [3.8, 4) is 87.8 Å². The standard InChI is InChI=1S/2C21H23N7O3S.C20H21N7O3S.C17H16N7O5PS.CH2O2/c2*1-14-15(11-23-26-14)21-25-18(13-32-21)20(29)24-17-12-28(7-8-31-10-9-30-2)27-19(17)16-5-3-4-6-22-16;1-29-8-9-30-7-6-27-12-16(18(26-27)15-4-2-3-5-21-15)24-19(28)17-13-31-20(25-17)14-10-22-23-11-14;1-23-8-13(15(22-23)12-4-2-3-5-18-12)20-16(25)14-9-31-17(21-14)11-6-19-24(7-11)10-29-30(26,27)28;2-1-3/h2*3-6,11-13H,7-10H2,1-2H3,(H,23,26)(H,24,29);2-5,10-13H,6-9H2,1H3,(H,22,23)(H,24,28);2-9H,10H2,1H3,(H,20,25)(H2,26,27,28);1H,(H,2,3)/p-1. The number of carbonyl (C=O) groups is 5. The molecule has 0 spiro atoms. The average Bonchev–Trinajstić information content (AvgIpc) is 1.66. The van der Waals surface area contributed by atoms with Crippen LogP contribution < -0.4 is 26.2 Å². The molecule has 49 heteroatoms. The number of aromatic nitrogens is 24. The van der Waals surface area contributed by atoms with Crippen LogP contribution in [0.2, 0.25) is 0 Å². The van der Waals surface area contributed by atoms with Gasteiger partial charge in [0, 0.05) is 134 Å². The van der Waals surface area contributed by atoms with E-state index in [1.165, 1.54) is 62.4 Å². The highest BCUT2D eigenvalue weighted by atomic mass is 32.1. The molecule has 0 aromatic carbocycles. The number of amides is 4. The SMILES string of the molecule is COCCOCCn1cc(NC(=O)c2csc(-c3cn[nH]c3)n2)c(-c2ccccn2)n1.COCCOCCn1cc(NC(=O)c2csc(-c3cn[nH]c3C)n2)c(-c2ccccn2)n1.COCCOCCn1cc(NC(=O)c2csc(-c3cn[nH]c3C)n2)c(-c2ccccn2)n1.Cn1cc(NC(=O)c2csc(-c3cnn(COP(=O)([O-])O)c3)n2)c(-c2ccccn2)n1.O=CO. The summed E-state index contributed by atoms with van der Waals surface area (Å²) in [7, 11) is 1.79. The van der Waals surface area contributed by atoms with Gasteiger partial charge in [-0.2, -0.15) is 40.8 Å². The molecule has 670 valence electrons. The Bertz CT molecular complexity index is 6080. The molecule has 16 aromatic rings. The van der Waals surface area contributed by atoms with E-state index < -0.39 is 20.5 Å². The zero-order chi connectivity index (χ0) is 90.9. The molecule has 0 fully saturated rings. The van der Waals surface area contributed by atoms with Crippen LogP contribution >= 0.6 is 53.2 Å². The van der Waals surface area contributed by atoms with Crippen LogP contribution in [0.5, 0.6) is 0 Å². The van der Waals surface area contributed by atoms with Gasteiger partial charge >= 0.3 is 0 Å². The molecular weight excluding hydrogens is 1770 g/mol. The second-order valence-electron chi connectivity index (χ2n) is 26.6. The van der Waals surface area contributed by atoms with Gasteiger partial charge in [-0.3, -0.25) is 87.0 Å². The van der Waals surface area contributed by atoms with E-state index in [4.69, 9.17) is 43.2 Å². The molecule has 44 nitrogen and oxygen atoms in total. The molecule has 0 aliphatic heterocycles. The number of aryl methyl sites for hydroxylation is 3. The molecule has 0 aliphatic carbocycles. The first kappa shape index (κ1) is 94.2. The number of methoxy groups -OCH3 is 3. The summed E-state index contributed by atoms with van der Waals surface area (Å²) in [5, 5.41) is 70.4. The van der Waals surface area contributed by atoms with Gasteiger partial charge < -0.3 is 64.6 Å². The maximum absolute atomic E-state index is 12.9. The number of hydrogen-bond acceptors (Lipinski definition) is 34. The number of rotatable bonds is 37. The normalized spacial score (nSPS) is 11.4. The van der Waals surface area contributed by atoms with Crippen molar-refractivity contribution in [3.05, 3.63) is 215 Å². The van der Waals surface area contributed by atoms with Crippen LogP contribution in [-0.2, 0) is 75.7 Å². The number of aromatic amines is 3. The zero-order valence-corrected chi connectivity index (χ0v) is 73.8. The molecule has 0 bridgehead atoms. The van der Waals surface area contributed by atoms with E-state index in [9.17, 15) is 28.6 Å². The lowest BCUT2D eigenvalue weighted by Gasteiger charge is -2.14. The minimum Gasteiger partial charge on any atom is -0.756 e. The summed E-state index contributed by atoms with van der Waals surface area (Å²) >= 11 is 5.38. The highest BCUT2D eigenvalue weighted by Crippen LogP contribution is 2.35. The van der Waals surface area contributed by atoms with Crippen molar-refractivity contribution in [2.75, 3.05) is 102 Å². The average molecular weight is 1850 g/mol. The first-order chi connectivity index (χ1) is 62.7. The molecule has 9 N–H and O–H groups in total. The molecule has 1 unspecified atom stereocenters. The third-order valence-electron chi connectivity index (χ3n) is 17.5. The van der Waals surface area contributed by atoms with Gasteiger partial charge in [0.2, 0.25) is 0 Å². The highest BCUT2D eigenvalue weighted by Gasteiger charge is 2.25. The fraction of sp³-hybridized carbons (Fsp3) is 0.237. The van der Waals surface area contributed by atoms with Crippen molar-refractivity contribution in [2.24, 2.45) is 7.05 Å².